The largest absolute Gasteiger partial charge is 0.455 e. The van der Waals surface area contributed by atoms with E-state index in [4.69, 9.17) is 9.47 Å². The first-order valence-corrected chi connectivity index (χ1v) is 10.7. The predicted molar refractivity (Wildman–Crippen MR) is 90.6 cm³/mol. The van der Waals surface area contributed by atoms with E-state index in [0.29, 0.717) is 32.1 Å². The molecule has 5 unspecified atom stereocenters. The molecule has 0 radical (unpaired) electrons. The number of hydrogen-bond donors (Lipinski definition) is 1. The summed E-state index contributed by atoms with van der Waals surface area (Å²) >= 11 is 3.23. The van der Waals surface area contributed by atoms with E-state index in [-0.39, 0.29) is 32.4 Å². The van der Waals surface area contributed by atoms with Crippen LogP contribution in [0.4, 0.5) is 8.78 Å². The predicted octanol–water partition coefficient (Wildman–Crippen LogP) is 2.55. The van der Waals surface area contributed by atoms with Crippen molar-refractivity contribution in [3.8, 4) is 0 Å². The summed E-state index contributed by atoms with van der Waals surface area (Å²) in [5.74, 6) is -4.54. The van der Waals surface area contributed by atoms with Crippen molar-refractivity contribution in [3.63, 3.8) is 0 Å². The highest BCUT2D eigenvalue weighted by Gasteiger charge is 2.70. The number of carbonyl (C=O) groups excluding carboxylic acids is 2. The van der Waals surface area contributed by atoms with Gasteiger partial charge in [-0.15, -0.1) is 23.5 Å². The number of ether oxygens (including phenoxy) is 2. The summed E-state index contributed by atoms with van der Waals surface area (Å²) in [6.07, 6.45) is 2.63. The molecule has 26 heavy (non-hydrogen) atoms. The van der Waals surface area contributed by atoms with Gasteiger partial charge in [-0.1, -0.05) is 0 Å². The Labute approximate surface area is 157 Å². The summed E-state index contributed by atoms with van der Waals surface area (Å²) in [4.78, 5) is 23.9. The van der Waals surface area contributed by atoms with Gasteiger partial charge in [-0.25, -0.2) is 4.79 Å². The first-order chi connectivity index (χ1) is 12.1. The van der Waals surface area contributed by atoms with Gasteiger partial charge in [-0.05, 0) is 49.9 Å². The van der Waals surface area contributed by atoms with Crippen LogP contribution in [0.1, 0.15) is 39.0 Å². The molecule has 0 aromatic carbocycles. The van der Waals surface area contributed by atoms with Gasteiger partial charge in [-0.2, -0.15) is 8.78 Å². The molecule has 1 spiro atoms. The fourth-order valence-electron chi connectivity index (χ4n) is 5.86. The molecule has 144 valence electrons. The molecular weight excluding hydrogens is 386 g/mol. The summed E-state index contributed by atoms with van der Waals surface area (Å²) in [6, 6.07) is 0. The van der Waals surface area contributed by atoms with Crippen LogP contribution < -0.4 is 0 Å². The van der Waals surface area contributed by atoms with Gasteiger partial charge in [0.15, 0.2) is 0 Å². The summed E-state index contributed by atoms with van der Waals surface area (Å²) in [7, 11) is 0. The molecule has 5 nitrogen and oxygen atoms in total. The number of aliphatic hydroxyl groups is 1. The zero-order valence-corrected chi connectivity index (χ0v) is 15.8. The Hall–Kier alpha value is -0.540. The summed E-state index contributed by atoms with van der Waals surface area (Å²) in [5, 5.41) is 9.39. The van der Waals surface area contributed by atoms with E-state index >= 15 is 0 Å². The number of fused-ring (bicyclic) bond motifs is 1. The lowest BCUT2D eigenvalue weighted by molar-refractivity contribution is -0.208. The molecule has 6 rings (SSSR count). The van der Waals surface area contributed by atoms with E-state index in [0.717, 1.165) is 12.8 Å². The Kier molecular flexibility index (Phi) is 3.57. The molecule has 2 aliphatic heterocycles. The average Bonchev–Trinajstić information content (AvgIpc) is 3.03. The van der Waals surface area contributed by atoms with E-state index in [1.807, 2.05) is 0 Å². The van der Waals surface area contributed by atoms with Crippen LogP contribution in [0.3, 0.4) is 0 Å². The number of thioether (sulfide) groups is 2. The third-order valence-electron chi connectivity index (χ3n) is 6.62. The minimum absolute atomic E-state index is 0.188. The molecule has 6 fully saturated rings. The molecule has 2 heterocycles. The summed E-state index contributed by atoms with van der Waals surface area (Å²) < 4.78 is 36.9. The van der Waals surface area contributed by atoms with Crippen LogP contribution in [0.25, 0.3) is 0 Å². The fraction of sp³-hybridized carbons (Fsp3) is 0.882. The maximum absolute atomic E-state index is 13.4. The minimum Gasteiger partial charge on any atom is -0.455 e. The van der Waals surface area contributed by atoms with Crippen molar-refractivity contribution in [1.29, 1.82) is 0 Å². The van der Waals surface area contributed by atoms with Gasteiger partial charge in [0.25, 0.3) is 0 Å². The second-order valence-electron chi connectivity index (χ2n) is 8.47. The molecule has 4 saturated carbocycles. The van der Waals surface area contributed by atoms with Crippen molar-refractivity contribution < 1.29 is 33.0 Å². The summed E-state index contributed by atoms with van der Waals surface area (Å²) in [6.45, 7) is 0.578. The Morgan fingerprint density at radius 2 is 1.92 bits per heavy atom. The number of hydrogen-bond acceptors (Lipinski definition) is 7. The molecule has 4 aliphatic carbocycles. The molecule has 9 heteroatoms. The highest BCUT2D eigenvalue weighted by Crippen LogP contribution is 2.73. The SMILES string of the molecule is CC(F)(F)C(=O)OC12CC3CC(C1)C1(SC4C(=O)OC(O)C4S1)C(C3)C2. The maximum atomic E-state index is 13.4. The number of cyclic esters (lactones) is 1. The number of aliphatic hydroxyl groups excluding tert-OH is 1. The van der Waals surface area contributed by atoms with E-state index in [1.165, 1.54) is 0 Å². The molecule has 1 N–H and O–H groups in total. The Bertz CT molecular complexity index is 665. The van der Waals surface area contributed by atoms with Gasteiger partial charge < -0.3 is 14.6 Å². The molecule has 0 amide bonds. The van der Waals surface area contributed by atoms with E-state index in [2.05, 4.69) is 0 Å². The van der Waals surface area contributed by atoms with E-state index < -0.39 is 23.8 Å². The van der Waals surface area contributed by atoms with Crippen LogP contribution in [0.5, 0.6) is 0 Å². The third-order valence-corrected chi connectivity index (χ3v) is 11.0. The lowest BCUT2D eigenvalue weighted by Gasteiger charge is -2.63. The number of carbonyl (C=O) groups is 2. The second kappa shape index (κ2) is 5.29. The zero-order valence-electron chi connectivity index (χ0n) is 14.2. The Balaban J connectivity index is 1.42. The summed E-state index contributed by atoms with van der Waals surface area (Å²) in [5.41, 5.74) is -0.795. The average molecular weight is 406 g/mol. The van der Waals surface area contributed by atoms with Gasteiger partial charge in [-0.3, -0.25) is 4.79 Å². The van der Waals surface area contributed by atoms with Crippen molar-refractivity contribution in [2.24, 2.45) is 17.8 Å². The molecule has 2 saturated heterocycles. The zero-order chi connectivity index (χ0) is 18.5. The monoisotopic (exact) mass is 406 g/mol. The normalized spacial score (nSPS) is 51.6. The highest BCUT2D eigenvalue weighted by molar-refractivity contribution is 8.22. The van der Waals surface area contributed by atoms with Crippen LogP contribution in [0, 0.1) is 17.8 Å². The van der Waals surface area contributed by atoms with Crippen LogP contribution in [0.2, 0.25) is 0 Å². The quantitative estimate of drug-likeness (QED) is 0.707. The second-order valence-corrected chi connectivity index (χ2v) is 11.6. The van der Waals surface area contributed by atoms with Crippen molar-refractivity contribution in [2.75, 3.05) is 0 Å². The van der Waals surface area contributed by atoms with Crippen molar-refractivity contribution in [3.05, 3.63) is 0 Å². The van der Waals surface area contributed by atoms with Gasteiger partial charge in [0.2, 0.25) is 6.29 Å². The maximum Gasteiger partial charge on any atom is 0.377 e. The van der Waals surface area contributed by atoms with Crippen molar-refractivity contribution in [1.82, 2.24) is 0 Å². The van der Waals surface area contributed by atoms with Gasteiger partial charge in [0.1, 0.15) is 10.9 Å². The number of halogens is 2. The first-order valence-electron chi connectivity index (χ1n) is 8.97. The first kappa shape index (κ1) is 17.6. The van der Waals surface area contributed by atoms with Gasteiger partial charge in [0.05, 0.1) is 9.33 Å². The molecule has 6 aliphatic rings. The minimum atomic E-state index is -3.48. The Morgan fingerprint density at radius 3 is 2.50 bits per heavy atom. The number of alkyl halides is 2. The van der Waals surface area contributed by atoms with Gasteiger partial charge >= 0.3 is 17.9 Å². The molecule has 0 aromatic rings. The topological polar surface area (TPSA) is 72.8 Å². The third kappa shape index (κ3) is 2.32. The number of rotatable bonds is 2. The molecular formula is C17H20F2O5S2. The van der Waals surface area contributed by atoms with Gasteiger partial charge in [0, 0.05) is 6.92 Å². The van der Waals surface area contributed by atoms with E-state index in [1.54, 1.807) is 23.5 Å². The van der Waals surface area contributed by atoms with Crippen molar-refractivity contribution >= 4 is 35.5 Å². The van der Waals surface area contributed by atoms with Crippen LogP contribution in [-0.4, -0.2) is 49.4 Å². The van der Waals surface area contributed by atoms with Crippen molar-refractivity contribution in [2.45, 2.75) is 71.4 Å². The molecule has 0 aromatic heterocycles. The standard InChI is InChI=1S/C17H20F2O5S2/c1-15(18,19)14(22)24-16-4-7-2-8(5-16)17(9(3-7)6-16)25-10-11(26-17)13(21)23-12(10)20/h7-12,20H,2-6H2,1H3. The van der Waals surface area contributed by atoms with Crippen LogP contribution in [-0.2, 0) is 19.1 Å². The molecule has 5 atom stereocenters. The highest BCUT2D eigenvalue weighted by atomic mass is 32.2. The smallest absolute Gasteiger partial charge is 0.377 e. The fourth-order valence-corrected chi connectivity index (χ4v) is 10.2. The van der Waals surface area contributed by atoms with Crippen LogP contribution in [0.15, 0.2) is 0 Å². The Morgan fingerprint density at radius 1 is 1.27 bits per heavy atom. The number of esters is 2. The lowest BCUT2D eigenvalue weighted by atomic mass is 9.53. The van der Waals surface area contributed by atoms with E-state index in [9.17, 15) is 23.5 Å². The molecule has 4 bridgehead atoms. The van der Waals surface area contributed by atoms with Crippen LogP contribution >= 0.6 is 23.5 Å². The lowest BCUT2D eigenvalue weighted by Crippen LogP contribution is -2.62.